The highest BCUT2D eigenvalue weighted by Gasteiger charge is 2.36. The Morgan fingerprint density at radius 1 is 1.30 bits per heavy atom. The Labute approximate surface area is 159 Å². The average molecular weight is 389 g/mol. The standard InChI is InChI=1S/C19H23N3O4S/c1-13-4-7-16(8-5-13)27(24,25)22(3)12-19(23)21-20-11-15-6-9-18(26-15)17-10-14(17)2/h4-9,11,14,17H,10,12H2,1-3H3,(H,21,23)/b20-11-/t14-,17-/m0/s1. The molecule has 0 spiro atoms. The highest BCUT2D eigenvalue weighted by molar-refractivity contribution is 7.89. The Morgan fingerprint density at radius 2 is 1.96 bits per heavy atom. The minimum Gasteiger partial charge on any atom is -0.460 e. The molecule has 1 saturated carbocycles. The largest absolute Gasteiger partial charge is 0.460 e. The van der Waals surface area contributed by atoms with E-state index >= 15 is 0 Å². The van der Waals surface area contributed by atoms with Crippen molar-refractivity contribution in [3.8, 4) is 0 Å². The van der Waals surface area contributed by atoms with Crippen molar-refractivity contribution in [2.24, 2.45) is 11.0 Å². The molecule has 8 heteroatoms. The number of hydrogen-bond acceptors (Lipinski definition) is 5. The van der Waals surface area contributed by atoms with Gasteiger partial charge in [0.2, 0.25) is 10.0 Å². The van der Waals surface area contributed by atoms with E-state index in [0.29, 0.717) is 17.6 Å². The van der Waals surface area contributed by atoms with Gasteiger partial charge in [0.05, 0.1) is 17.7 Å². The highest BCUT2D eigenvalue weighted by atomic mass is 32.2. The molecule has 7 nitrogen and oxygen atoms in total. The normalized spacial score (nSPS) is 19.6. The van der Waals surface area contributed by atoms with Gasteiger partial charge in [0.25, 0.3) is 5.91 Å². The number of hydrazone groups is 1. The molecule has 2 atom stereocenters. The first-order chi connectivity index (χ1) is 12.8. The Bertz CT molecular complexity index is 948. The van der Waals surface area contributed by atoms with Gasteiger partial charge in [0.15, 0.2) is 0 Å². The summed E-state index contributed by atoms with van der Waals surface area (Å²) in [6.07, 6.45) is 2.53. The molecule has 1 amide bonds. The fourth-order valence-corrected chi connectivity index (χ4v) is 3.86. The molecular formula is C19H23N3O4S. The van der Waals surface area contributed by atoms with E-state index in [9.17, 15) is 13.2 Å². The number of nitrogens with one attached hydrogen (secondary N) is 1. The van der Waals surface area contributed by atoms with E-state index in [4.69, 9.17) is 4.42 Å². The van der Waals surface area contributed by atoms with Crippen LogP contribution in [0, 0.1) is 12.8 Å². The van der Waals surface area contributed by atoms with E-state index in [1.54, 1.807) is 18.2 Å². The van der Waals surface area contributed by atoms with Crippen LogP contribution >= 0.6 is 0 Å². The van der Waals surface area contributed by atoms with Crippen molar-refractivity contribution in [3.05, 3.63) is 53.5 Å². The minimum atomic E-state index is -3.73. The first-order valence-electron chi connectivity index (χ1n) is 8.72. The minimum absolute atomic E-state index is 0.143. The molecule has 0 aliphatic heterocycles. The molecule has 1 aromatic carbocycles. The number of likely N-dealkylation sites (N-methyl/N-ethyl adjacent to an activating group) is 1. The van der Waals surface area contributed by atoms with Crippen molar-refractivity contribution in [2.45, 2.75) is 31.1 Å². The van der Waals surface area contributed by atoms with Gasteiger partial charge in [0, 0.05) is 13.0 Å². The summed E-state index contributed by atoms with van der Waals surface area (Å²) in [5.74, 6) is 2.06. The van der Waals surface area contributed by atoms with Crippen molar-refractivity contribution in [1.82, 2.24) is 9.73 Å². The zero-order valence-electron chi connectivity index (χ0n) is 15.5. The predicted molar refractivity (Wildman–Crippen MR) is 102 cm³/mol. The van der Waals surface area contributed by atoms with Gasteiger partial charge in [-0.05, 0) is 43.5 Å². The monoisotopic (exact) mass is 389 g/mol. The smallest absolute Gasteiger partial charge is 0.255 e. The summed E-state index contributed by atoms with van der Waals surface area (Å²) in [6, 6.07) is 10.2. The van der Waals surface area contributed by atoms with Crippen LogP contribution < -0.4 is 5.43 Å². The summed E-state index contributed by atoms with van der Waals surface area (Å²) < 4.78 is 31.6. The number of furan rings is 1. The second-order valence-corrected chi connectivity index (χ2v) is 8.97. The van der Waals surface area contributed by atoms with Crippen molar-refractivity contribution >= 4 is 22.1 Å². The van der Waals surface area contributed by atoms with Crippen molar-refractivity contribution in [2.75, 3.05) is 13.6 Å². The topological polar surface area (TPSA) is 92.0 Å². The van der Waals surface area contributed by atoms with Crippen LogP contribution in [-0.4, -0.2) is 38.4 Å². The molecule has 0 bridgehead atoms. The number of amides is 1. The molecule has 144 valence electrons. The predicted octanol–water partition coefficient (Wildman–Crippen LogP) is 2.48. The van der Waals surface area contributed by atoms with Crippen LogP contribution in [-0.2, 0) is 14.8 Å². The molecule has 1 aromatic heterocycles. The third-order valence-electron chi connectivity index (χ3n) is 4.60. The number of sulfonamides is 1. The lowest BCUT2D eigenvalue weighted by molar-refractivity contribution is -0.121. The van der Waals surface area contributed by atoms with Crippen LogP contribution in [0.3, 0.4) is 0 Å². The van der Waals surface area contributed by atoms with E-state index < -0.39 is 15.9 Å². The third kappa shape index (κ3) is 4.64. The van der Waals surface area contributed by atoms with E-state index in [1.165, 1.54) is 25.4 Å². The molecule has 1 aliphatic carbocycles. The Morgan fingerprint density at radius 3 is 2.59 bits per heavy atom. The second-order valence-electron chi connectivity index (χ2n) is 6.93. The first kappa shape index (κ1) is 19.3. The zero-order chi connectivity index (χ0) is 19.6. The molecule has 0 unspecified atom stereocenters. The van der Waals surface area contributed by atoms with Gasteiger partial charge in [-0.25, -0.2) is 13.8 Å². The summed E-state index contributed by atoms with van der Waals surface area (Å²) in [5, 5.41) is 3.83. The molecule has 27 heavy (non-hydrogen) atoms. The maximum atomic E-state index is 12.5. The number of carbonyl (C=O) groups is 1. The molecule has 1 N–H and O–H groups in total. The Balaban J connectivity index is 1.53. The third-order valence-corrected chi connectivity index (χ3v) is 6.42. The lowest BCUT2D eigenvalue weighted by atomic mass is 10.2. The molecule has 0 saturated heterocycles. The highest BCUT2D eigenvalue weighted by Crippen LogP contribution is 2.47. The zero-order valence-corrected chi connectivity index (χ0v) is 16.4. The van der Waals surface area contributed by atoms with Gasteiger partial charge in [-0.2, -0.15) is 9.41 Å². The van der Waals surface area contributed by atoms with Gasteiger partial charge in [-0.1, -0.05) is 24.6 Å². The quantitative estimate of drug-likeness (QED) is 0.582. The van der Waals surface area contributed by atoms with Crippen molar-refractivity contribution in [1.29, 1.82) is 0 Å². The van der Waals surface area contributed by atoms with Crippen LogP contribution in [0.25, 0.3) is 0 Å². The summed E-state index contributed by atoms with van der Waals surface area (Å²) in [7, 11) is -2.38. The van der Waals surface area contributed by atoms with E-state index in [0.717, 1.165) is 22.0 Å². The van der Waals surface area contributed by atoms with Gasteiger partial charge in [-0.3, -0.25) is 4.79 Å². The second kappa shape index (κ2) is 7.66. The van der Waals surface area contributed by atoms with E-state index in [-0.39, 0.29) is 11.4 Å². The summed E-state index contributed by atoms with van der Waals surface area (Å²) in [4.78, 5) is 12.1. The fraction of sp³-hybridized carbons (Fsp3) is 0.368. The molecule has 3 rings (SSSR count). The van der Waals surface area contributed by atoms with Crippen molar-refractivity contribution < 1.29 is 17.6 Å². The number of rotatable bonds is 7. The lowest BCUT2D eigenvalue weighted by Crippen LogP contribution is -2.36. The SMILES string of the molecule is Cc1ccc(S(=O)(=O)N(C)CC(=O)N/N=C\c2ccc([C@H]3C[C@@H]3C)o2)cc1. The van der Waals surface area contributed by atoms with Crippen LogP contribution in [0.2, 0.25) is 0 Å². The van der Waals surface area contributed by atoms with E-state index in [2.05, 4.69) is 17.5 Å². The Hall–Kier alpha value is -2.45. The van der Waals surface area contributed by atoms with Crippen LogP contribution in [0.1, 0.15) is 36.3 Å². The number of carbonyl (C=O) groups excluding carboxylic acids is 1. The van der Waals surface area contributed by atoms with Crippen LogP contribution in [0.4, 0.5) is 0 Å². The number of benzene rings is 1. The van der Waals surface area contributed by atoms with Crippen LogP contribution in [0.5, 0.6) is 0 Å². The molecular weight excluding hydrogens is 366 g/mol. The molecule has 1 aliphatic rings. The maximum absolute atomic E-state index is 12.5. The van der Waals surface area contributed by atoms with Crippen molar-refractivity contribution in [3.63, 3.8) is 0 Å². The Kier molecular flexibility index (Phi) is 5.48. The lowest BCUT2D eigenvalue weighted by Gasteiger charge is -2.16. The average Bonchev–Trinajstić information content (AvgIpc) is 3.16. The molecule has 0 radical (unpaired) electrons. The van der Waals surface area contributed by atoms with E-state index in [1.807, 2.05) is 13.0 Å². The molecule has 1 heterocycles. The summed E-state index contributed by atoms with van der Waals surface area (Å²) >= 11 is 0. The maximum Gasteiger partial charge on any atom is 0.255 e. The summed E-state index contributed by atoms with van der Waals surface area (Å²) in [6.45, 7) is 3.71. The number of nitrogens with zero attached hydrogens (tertiary/aromatic N) is 2. The fourth-order valence-electron chi connectivity index (χ4n) is 2.74. The summed E-state index contributed by atoms with van der Waals surface area (Å²) in [5.41, 5.74) is 3.28. The van der Waals surface area contributed by atoms with Gasteiger partial charge in [0.1, 0.15) is 11.5 Å². The molecule has 2 aromatic rings. The first-order valence-corrected chi connectivity index (χ1v) is 10.2. The van der Waals surface area contributed by atoms with Gasteiger partial charge < -0.3 is 4.42 Å². The number of hydrogen-bond donors (Lipinski definition) is 1. The molecule has 1 fully saturated rings. The van der Waals surface area contributed by atoms with Gasteiger partial charge in [-0.15, -0.1) is 0 Å². The van der Waals surface area contributed by atoms with Crippen LogP contribution in [0.15, 0.2) is 50.8 Å². The van der Waals surface area contributed by atoms with Gasteiger partial charge >= 0.3 is 0 Å². The number of aryl methyl sites for hydroxylation is 1.